The van der Waals surface area contributed by atoms with E-state index in [4.69, 9.17) is 4.74 Å². The molecule has 1 saturated heterocycles. The molecule has 116 valence electrons. The molecule has 0 aromatic heterocycles. The van der Waals surface area contributed by atoms with E-state index < -0.39 is 5.41 Å². The highest BCUT2D eigenvalue weighted by Crippen LogP contribution is 2.46. The molecule has 4 rings (SSSR count). The Kier molecular flexibility index (Phi) is 3.01. The number of nitrogens with zero attached hydrogens (tertiary/aromatic N) is 1. The SMILES string of the molecule is COc1ccc2c(c1)CC1(CCN(c3ccccc3)C1=O)C2=O. The number of Topliss-reactive ketones (excluding diaryl/α,β-unsaturated/α-hetero) is 1. The molecule has 1 unspecified atom stereocenters. The van der Waals surface area contributed by atoms with Crippen molar-refractivity contribution < 1.29 is 14.3 Å². The van der Waals surface area contributed by atoms with Crippen LogP contribution in [0.4, 0.5) is 5.69 Å². The third-order valence-electron chi connectivity index (χ3n) is 4.97. The van der Waals surface area contributed by atoms with Gasteiger partial charge in [-0.25, -0.2) is 0 Å². The lowest BCUT2D eigenvalue weighted by Gasteiger charge is -2.21. The molecule has 4 nitrogen and oxygen atoms in total. The summed E-state index contributed by atoms with van der Waals surface area (Å²) in [6.45, 7) is 0.583. The molecule has 2 aromatic carbocycles. The Bertz CT molecular complexity index is 800. The predicted octanol–water partition coefficient (Wildman–Crippen LogP) is 2.86. The van der Waals surface area contributed by atoms with Crippen LogP contribution in [0.25, 0.3) is 0 Å². The van der Waals surface area contributed by atoms with Crippen LogP contribution in [0.5, 0.6) is 5.75 Å². The number of benzene rings is 2. The smallest absolute Gasteiger partial charge is 0.241 e. The van der Waals surface area contributed by atoms with E-state index in [-0.39, 0.29) is 11.7 Å². The highest BCUT2D eigenvalue weighted by Gasteiger charge is 2.56. The minimum atomic E-state index is -0.926. The van der Waals surface area contributed by atoms with E-state index >= 15 is 0 Å². The molecule has 1 aliphatic heterocycles. The maximum atomic E-state index is 13.0. The average Bonchev–Trinajstić information content (AvgIpc) is 3.07. The van der Waals surface area contributed by atoms with Crippen molar-refractivity contribution in [3.8, 4) is 5.75 Å². The number of methoxy groups -OCH3 is 1. The summed E-state index contributed by atoms with van der Waals surface area (Å²) in [6, 6.07) is 15.0. The summed E-state index contributed by atoms with van der Waals surface area (Å²) in [5.74, 6) is 0.599. The van der Waals surface area contributed by atoms with E-state index in [0.29, 0.717) is 24.9 Å². The van der Waals surface area contributed by atoms with Crippen LogP contribution in [-0.4, -0.2) is 25.3 Å². The number of amides is 1. The van der Waals surface area contributed by atoms with Crippen LogP contribution in [-0.2, 0) is 11.2 Å². The second kappa shape index (κ2) is 4.95. The first kappa shape index (κ1) is 14.0. The van der Waals surface area contributed by atoms with Gasteiger partial charge in [0.1, 0.15) is 11.2 Å². The van der Waals surface area contributed by atoms with Crippen molar-refractivity contribution in [2.75, 3.05) is 18.6 Å². The Morgan fingerprint density at radius 2 is 1.87 bits per heavy atom. The van der Waals surface area contributed by atoms with Crippen LogP contribution in [0, 0.1) is 5.41 Å². The van der Waals surface area contributed by atoms with Gasteiger partial charge in [0.05, 0.1) is 7.11 Å². The fourth-order valence-electron chi connectivity index (χ4n) is 3.73. The van der Waals surface area contributed by atoms with Gasteiger partial charge in [-0.05, 0) is 48.7 Å². The Hall–Kier alpha value is -2.62. The number of anilines is 1. The summed E-state index contributed by atoms with van der Waals surface area (Å²) in [7, 11) is 1.60. The molecule has 1 heterocycles. The van der Waals surface area contributed by atoms with Gasteiger partial charge in [0.25, 0.3) is 0 Å². The van der Waals surface area contributed by atoms with E-state index in [1.807, 2.05) is 36.4 Å². The number of ketones is 1. The number of fused-ring (bicyclic) bond motifs is 1. The lowest BCUT2D eigenvalue weighted by molar-refractivity contribution is -0.123. The Morgan fingerprint density at radius 1 is 1.09 bits per heavy atom. The molecule has 0 saturated carbocycles. The van der Waals surface area contributed by atoms with Crippen LogP contribution in [0.1, 0.15) is 22.3 Å². The number of rotatable bonds is 2. The monoisotopic (exact) mass is 307 g/mol. The lowest BCUT2D eigenvalue weighted by Crippen LogP contribution is -2.38. The molecule has 4 heteroatoms. The van der Waals surface area contributed by atoms with Crippen LogP contribution < -0.4 is 9.64 Å². The van der Waals surface area contributed by atoms with Crippen molar-refractivity contribution in [2.24, 2.45) is 5.41 Å². The van der Waals surface area contributed by atoms with Crippen LogP contribution in [0.15, 0.2) is 48.5 Å². The summed E-state index contributed by atoms with van der Waals surface area (Å²) in [5.41, 5.74) is 1.51. The Morgan fingerprint density at radius 3 is 2.61 bits per heavy atom. The van der Waals surface area contributed by atoms with Crippen molar-refractivity contribution in [3.63, 3.8) is 0 Å². The maximum absolute atomic E-state index is 13.0. The first-order valence-corrected chi connectivity index (χ1v) is 7.74. The van der Waals surface area contributed by atoms with Crippen molar-refractivity contribution in [2.45, 2.75) is 12.8 Å². The molecule has 1 atom stereocenters. The summed E-state index contributed by atoms with van der Waals surface area (Å²) in [4.78, 5) is 27.7. The topological polar surface area (TPSA) is 46.6 Å². The summed E-state index contributed by atoms with van der Waals surface area (Å²) in [6.07, 6.45) is 1.04. The molecular weight excluding hydrogens is 290 g/mol. The fourth-order valence-corrected chi connectivity index (χ4v) is 3.73. The third kappa shape index (κ3) is 1.91. The summed E-state index contributed by atoms with van der Waals surface area (Å²) in [5, 5.41) is 0. The Balaban J connectivity index is 1.71. The molecule has 2 aromatic rings. The molecular formula is C19H17NO3. The van der Waals surface area contributed by atoms with Crippen LogP contribution in [0.3, 0.4) is 0 Å². The second-order valence-corrected chi connectivity index (χ2v) is 6.15. The van der Waals surface area contributed by atoms with Gasteiger partial charge in [-0.15, -0.1) is 0 Å². The predicted molar refractivity (Wildman–Crippen MR) is 86.9 cm³/mol. The number of carbonyl (C=O) groups is 2. The molecule has 1 spiro atoms. The first-order valence-electron chi connectivity index (χ1n) is 7.74. The van der Waals surface area contributed by atoms with Crippen LogP contribution >= 0.6 is 0 Å². The number of hydrogen-bond acceptors (Lipinski definition) is 3. The van der Waals surface area contributed by atoms with Crippen LogP contribution in [0.2, 0.25) is 0 Å². The summed E-state index contributed by atoms with van der Waals surface area (Å²) >= 11 is 0. The molecule has 0 bridgehead atoms. The largest absolute Gasteiger partial charge is 0.497 e. The van der Waals surface area contributed by atoms with Crippen molar-refractivity contribution in [1.82, 2.24) is 0 Å². The van der Waals surface area contributed by atoms with Gasteiger partial charge in [0, 0.05) is 17.8 Å². The molecule has 1 fully saturated rings. The number of ether oxygens (including phenoxy) is 1. The minimum absolute atomic E-state index is 0.0430. The second-order valence-electron chi connectivity index (χ2n) is 6.15. The molecule has 23 heavy (non-hydrogen) atoms. The van der Waals surface area contributed by atoms with E-state index in [9.17, 15) is 9.59 Å². The van der Waals surface area contributed by atoms with Gasteiger partial charge < -0.3 is 9.64 Å². The highest BCUT2D eigenvalue weighted by molar-refractivity contribution is 6.22. The van der Waals surface area contributed by atoms with Crippen molar-refractivity contribution >= 4 is 17.4 Å². The normalized spacial score (nSPS) is 22.7. The maximum Gasteiger partial charge on any atom is 0.241 e. The molecule has 1 amide bonds. The average molecular weight is 307 g/mol. The fraction of sp³-hybridized carbons (Fsp3) is 0.263. The van der Waals surface area contributed by atoms with Gasteiger partial charge >= 0.3 is 0 Å². The van der Waals surface area contributed by atoms with Crippen molar-refractivity contribution in [3.05, 3.63) is 59.7 Å². The standard InChI is InChI=1S/C19H17NO3/c1-23-15-7-8-16-13(11-15)12-19(17(16)21)9-10-20(18(19)22)14-5-3-2-4-6-14/h2-8,11H,9-10,12H2,1H3. The van der Waals surface area contributed by atoms with Gasteiger partial charge in [-0.1, -0.05) is 18.2 Å². The minimum Gasteiger partial charge on any atom is -0.497 e. The molecule has 0 N–H and O–H groups in total. The number of para-hydroxylation sites is 1. The Labute approximate surface area is 134 Å². The van der Waals surface area contributed by atoms with E-state index in [2.05, 4.69) is 0 Å². The highest BCUT2D eigenvalue weighted by atomic mass is 16.5. The van der Waals surface area contributed by atoms with Crippen molar-refractivity contribution in [1.29, 1.82) is 0 Å². The quantitative estimate of drug-likeness (QED) is 0.802. The molecule has 2 aliphatic rings. The zero-order valence-corrected chi connectivity index (χ0v) is 12.9. The first-order chi connectivity index (χ1) is 11.2. The van der Waals surface area contributed by atoms with E-state index in [0.717, 1.165) is 17.0 Å². The molecule has 1 aliphatic carbocycles. The third-order valence-corrected chi connectivity index (χ3v) is 4.97. The number of carbonyl (C=O) groups excluding carboxylic acids is 2. The van der Waals surface area contributed by atoms with Gasteiger partial charge in [-0.2, -0.15) is 0 Å². The number of hydrogen-bond donors (Lipinski definition) is 0. The lowest BCUT2D eigenvalue weighted by atomic mass is 9.82. The molecule has 0 radical (unpaired) electrons. The van der Waals surface area contributed by atoms with Gasteiger partial charge in [0.2, 0.25) is 5.91 Å². The zero-order chi connectivity index (χ0) is 16.0. The van der Waals surface area contributed by atoms with Gasteiger partial charge in [-0.3, -0.25) is 9.59 Å². The van der Waals surface area contributed by atoms with Gasteiger partial charge in [0.15, 0.2) is 5.78 Å². The van der Waals surface area contributed by atoms with E-state index in [1.54, 1.807) is 24.1 Å². The zero-order valence-electron chi connectivity index (χ0n) is 12.9. The van der Waals surface area contributed by atoms with E-state index in [1.165, 1.54) is 0 Å². The summed E-state index contributed by atoms with van der Waals surface area (Å²) < 4.78 is 5.24.